The van der Waals surface area contributed by atoms with Crippen molar-refractivity contribution in [3.8, 4) is 0 Å². The number of nitrogens with one attached hydrogen (secondary N) is 1. The minimum Gasteiger partial charge on any atom is -0.383 e. The lowest BCUT2D eigenvalue weighted by Crippen LogP contribution is -2.23. The molecule has 0 fully saturated rings. The molecule has 0 bridgehead atoms. The fraction of sp³-hybridized carbons (Fsp3) is 0.357. The van der Waals surface area contributed by atoms with Crippen molar-refractivity contribution in [2.45, 2.75) is 18.6 Å². The van der Waals surface area contributed by atoms with Gasteiger partial charge in [0.25, 0.3) is 0 Å². The summed E-state index contributed by atoms with van der Waals surface area (Å²) < 4.78 is 0. The summed E-state index contributed by atoms with van der Waals surface area (Å²) in [7, 11) is 3.41. The molecule has 0 radical (unpaired) electrons. The lowest BCUT2D eigenvalue weighted by Gasteiger charge is -2.10. The van der Waals surface area contributed by atoms with Crippen molar-refractivity contribution in [2.24, 2.45) is 0 Å². The first-order valence-corrected chi connectivity index (χ1v) is 7.91. The second kappa shape index (κ2) is 7.73. The minimum absolute atomic E-state index is 0.00883. The predicted molar refractivity (Wildman–Crippen MR) is 90.0 cm³/mol. The number of aromatic nitrogens is 4. The molecule has 8 nitrogen and oxygen atoms in total. The normalized spacial score (nSPS) is 10.4. The zero-order chi connectivity index (χ0) is 16.8. The monoisotopic (exact) mass is 333 g/mol. The summed E-state index contributed by atoms with van der Waals surface area (Å²) in [5, 5.41) is 3.59. The van der Waals surface area contributed by atoms with E-state index >= 15 is 0 Å². The summed E-state index contributed by atoms with van der Waals surface area (Å²) >= 11 is 1.25. The third-order valence-electron chi connectivity index (χ3n) is 2.83. The lowest BCUT2D eigenvalue weighted by molar-refractivity contribution is -0.125. The number of amides is 1. The van der Waals surface area contributed by atoms with Crippen LogP contribution in [0.3, 0.4) is 0 Å². The molecule has 122 valence electrons. The molecule has 0 aromatic carbocycles. The molecule has 0 spiro atoms. The average Bonchev–Trinajstić information content (AvgIpc) is 2.51. The van der Waals surface area contributed by atoms with Crippen molar-refractivity contribution in [3.63, 3.8) is 0 Å². The number of rotatable bonds is 6. The van der Waals surface area contributed by atoms with E-state index in [1.54, 1.807) is 32.6 Å². The zero-order valence-corrected chi connectivity index (χ0v) is 14.1. The molecular weight excluding hydrogens is 314 g/mol. The highest BCUT2D eigenvalue weighted by molar-refractivity contribution is 7.99. The largest absolute Gasteiger partial charge is 0.383 e. The molecule has 0 aliphatic carbocycles. The van der Waals surface area contributed by atoms with Gasteiger partial charge in [-0.15, -0.1) is 0 Å². The Labute approximate surface area is 138 Å². The van der Waals surface area contributed by atoms with Crippen LogP contribution in [0.5, 0.6) is 0 Å². The van der Waals surface area contributed by atoms with Crippen LogP contribution in [0.4, 0.5) is 11.6 Å². The predicted octanol–water partition coefficient (Wildman–Crippen LogP) is 0.950. The summed E-state index contributed by atoms with van der Waals surface area (Å²) in [6.07, 6.45) is 3.41. The Morgan fingerprint density at radius 3 is 2.74 bits per heavy atom. The van der Waals surface area contributed by atoms with Gasteiger partial charge in [0, 0.05) is 26.4 Å². The number of aryl methyl sites for hydroxylation is 1. The van der Waals surface area contributed by atoms with Crippen molar-refractivity contribution in [2.75, 3.05) is 30.9 Å². The van der Waals surface area contributed by atoms with Gasteiger partial charge in [-0.1, -0.05) is 11.8 Å². The summed E-state index contributed by atoms with van der Waals surface area (Å²) in [5.41, 5.74) is 7.45. The maximum absolute atomic E-state index is 11.6. The highest BCUT2D eigenvalue weighted by atomic mass is 32.2. The number of nitrogen functional groups attached to an aromatic ring is 1. The third-order valence-corrected chi connectivity index (χ3v) is 3.67. The van der Waals surface area contributed by atoms with Crippen molar-refractivity contribution in [3.05, 3.63) is 29.8 Å². The lowest BCUT2D eigenvalue weighted by atomic mass is 10.4. The summed E-state index contributed by atoms with van der Waals surface area (Å²) in [4.78, 5) is 30.0. The molecule has 2 rings (SSSR count). The Balaban J connectivity index is 1.99. The standard InChI is InChI=1S/C14H19N7OS/c1-9-5-17-10(6-16-9)7-18-12-4-11(15)19-14(20-12)23-8-13(22)21(2)3/h4-6H,7-8H2,1-3H3,(H3,15,18,19,20). The molecule has 0 unspecified atom stereocenters. The molecular formula is C14H19N7OS. The van der Waals surface area contributed by atoms with Gasteiger partial charge in [0.2, 0.25) is 5.91 Å². The van der Waals surface area contributed by atoms with Gasteiger partial charge >= 0.3 is 0 Å². The van der Waals surface area contributed by atoms with Gasteiger partial charge in [-0.2, -0.15) is 0 Å². The molecule has 0 aliphatic heterocycles. The number of carbonyl (C=O) groups excluding carboxylic acids is 1. The van der Waals surface area contributed by atoms with Gasteiger partial charge < -0.3 is 16.0 Å². The molecule has 3 N–H and O–H groups in total. The summed E-state index contributed by atoms with van der Waals surface area (Å²) in [5.74, 6) is 1.18. The number of nitrogens with zero attached hydrogens (tertiary/aromatic N) is 5. The number of hydrogen-bond donors (Lipinski definition) is 2. The van der Waals surface area contributed by atoms with E-state index in [0.29, 0.717) is 23.3 Å². The van der Waals surface area contributed by atoms with E-state index in [1.165, 1.54) is 16.7 Å². The molecule has 2 heterocycles. The zero-order valence-electron chi connectivity index (χ0n) is 13.3. The maximum atomic E-state index is 11.6. The molecule has 0 saturated heterocycles. The Kier molecular flexibility index (Phi) is 5.69. The van der Waals surface area contributed by atoms with Crippen LogP contribution in [-0.2, 0) is 11.3 Å². The Morgan fingerprint density at radius 2 is 2.09 bits per heavy atom. The van der Waals surface area contributed by atoms with E-state index in [0.717, 1.165) is 11.4 Å². The second-order valence-electron chi connectivity index (χ2n) is 5.04. The van der Waals surface area contributed by atoms with Gasteiger partial charge in [-0.05, 0) is 6.92 Å². The van der Waals surface area contributed by atoms with Crippen molar-refractivity contribution < 1.29 is 4.79 Å². The molecule has 2 aromatic heterocycles. The molecule has 0 atom stereocenters. The Hall–Kier alpha value is -2.42. The third kappa shape index (κ3) is 5.37. The highest BCUT2D eigenvalue weighted by Gasteiger charge is 2.09. The molecule has 1 amide bonds. The van der Waals surface area contributed by atoms with E-state index in [-0.39, 0.29) is 11.7 Å². The molecule has 2 aromatic rings. The van der Waals surface area contributed by atoms with Crippen LogP contribution < -0.4 is 11.1 Å². The Bertz CT molecular complexity index is 675. The first-order chi connectivity index (χ1) is 10.9. The minimum atomic E-state index is -0.00883. The second-order valence-corrected chi connectivity index (χ2v) is 5.98. The fourth-order valence-electron chi connectivity index (χ4n) is 1.55. The molecule has 9 heteroatoms. The van der Waals surface area contributed by atoms with Gasteiger partial charge in [0.05, 0.1) is 29.9 Å². The van der Waals surface area contributed by atoms with Crippen LogP contribution in [0.25, 0.3) is 0 Å². The quantitative estimate of drug-likeness (QED) is 0.594. The van der Waals surface area contributed by atoms with Crippen LogP contribution in [0, 0.1) is 6.92 Å². The summed E-state index contributed by atoms with van der Waals surface area (Å²) in [6.45, 7) is 2.36. The van der Waals surface area contributed by atoms with Gasteiger partial charge in [-0.3, -0.25) is 14.8 Å². The smallest absolute Gasteiger partial charge is 0.232 e. The van der Waals surface area contributed by atoms with Crippen LogP contribution >= 0.6 is 11.8 Å². The SMILES string of the molecule is Cc1cnc(CNc2cc(N)nc(SCC(=O)N(C)C)n2)cn1. The highest BCUT2D eigenvalue weighted by Crippen LogP contribution is 2.18. The van der Waals surface area contributed by atoms with Gasteiger partial charge in [0.1, 0.15) is 11.6 Å². The molecule has 23 heavy (non-hydrogen) atoms. The molecule has 0 saturated carbocycles. The number of hydrogen-bond acceptors (Lipinski definition) is 8. The van der Waals surface area contributed by atoms with Crippen LogP contribution in [-0.4, -0.2) is 50.6 Å². The average molecular weight is 333 g/mol. The van der Waals surface area contributed by atoms with Gasteiger partial charge in [-0.25, -0.2) is 9.97 Å². The van der Waals surface area contributed by atoms with Crippen LogP contribution in [0.1, 0.15) is 11.4 Å². The van der Waals surface area contributed by atoms with Crippen molar-refractivity contribution in [1.29, 1.82) is 0 Å². The topological polar surface area (TPSA) is 110 Å². The molecule has 0 aliphatic rings. The summed E-state index contributed by atoms with van der Waals surface area (Å²) in [6, 6.07) is 1.64. The van der Waals surface area contributed by atoms with Gasteiger partial charge in [0.15, 0.2) is 5.16 Å². The van der Waals surface area contributed by atoms with Crippen molar-refractivity contribution in [1.82, 2.24) is 24.8 Å². The number of anilines is 2. The van der Waals surface area contributed by atoms with E-state index in [4.69, 9.17) is 5.73 Å². The number of nitrogens with two attached hydrogens (primary N) is 1. The van der Waals surface area contributed by atoms with Crippen LogP contribution in [0.2, 0.25) is 0 Å². The first kappa shape index (κ1) is 16.9. The van der Waals surface area contributed by atoms with E-state index < -0.39 is 0 Å². The fourth-order valence-corrected chi connectivity index (χ4v) is 2.39. The van der Waals surface area contributed by atoms with E-state index in [1.807, 2.05) is 6.92 Å². The maximum Gasteiger partial charge on any atom is 0.232 e. The Morgan fingerprint density at radius 1 is 1.30 bits per heavy atom. The van der Waals surface area contributed by atoms with E-state index in [9.17, 15) is 4.79 Å². The number of thioether (sulfide) groups is 1. The number of carbonyl (C=O) groups is 1. The first-order valence-electron chi connectivity index (χ1n) is 6.93. The van der Waals surface area contributed by atoms with E-state index in [2.05, 4.69) is 25.3 Å². The van der Waals surface area contributed by atoms with Crippen LogP contribution in [0.15, 0.2) is 23.6 Å². The van der Waals surface area contributed by atoms with Crippen molar-refractivity contribution >= 4 is 29.3 Å².